The van der Waals surface area contributed by atoms with Crippen molar-refractivity contribution >= 4 is 22.1 Å². The number of nitrogens with zero attached hydrogens (tertiary/aromatic N) is 5. The lowest BCUT2D eigenvalue weighted by Crippen LogP contribution is -2.18. The molecule has 9 heteroatoms. The normalized spacial score (nSPS) is 14.2. The maximum atomic E-state index is 15.2. The first kappa shape index (κ1) is 22.7. The Morgan fingerprint density at radius 1 is 0.921 bits per heavy atom. The molecule has 0 radical (unpaired) electrons. The number of halogens is 2. The molecule has 7 nitrogen and oxygen atoms in total. The Bertz CT molecular complexity index is 1800. The Hall–Kier alpha value is -4.50. The average Bonchev–Trinajstić information content (AvgIpc) is 3.67. The van der Waals surface area contributed by atoms with Crippen LogP contribution in [0.5, 0.6) is 0 Å². The SMILES string of the molecule is Fc1cccc(-c2ccnc3nc(-c4n[nH]c5cc(F)c(-c6cncc(CN7CCCC7)c6)cc45)[nH]c23)c1. The van der Waals surface area contributed by atoms with Crippen molar-refractivity contribution in [1.29, 1.82) is 0 Å². The van der Waals surface area contributed by atoms with Crippen molar-refractivity contribution in [3.05, 3.63) is 84.3 Å². The number of aromatic amines is 2. The average molecular weight is 508 g/mol. The van der Waals surface area contributed by atoms with Gasteiger partial charge in [-0.05, 0) is 67.4 Å². The van der Waals surface area contributed by atoms with Crippen LogP contribution < -0.4 is 0 Å². The van der Waals surface area contributed by atoms with Gasteiger partial charge in [-0.1, -0.05) is 12.1 Å². The van der Waals surface area contributed by atoms with Crippen molar-refractivity contribution in [1.82, 2.24) is 35.0 Å². The molecule has 0 amide bonds. The molecular formula is C29H23F2N7. The summed E-state index contributed by atoms with van der Waals surface area (Å²) < 4.78 is 29.1. The third-order valence-electron chi connectivity index (χ3n) is 7.11. The molecule has 5 heterocycles. The maximum absolute atomic E-state index is 15.2. The Labute approximate surface area is 216 Å². The zero-order valence-corrected chi connectivity index (χ0v) is 20.4. The van der Waals surface area contributed by atoms with Crippen LogP contribution in [0.3, 0.4) is 0 Å². The van der Waals surface area contributed by atoms with Crippen molar-refractivity contribution in [2.75, 3.05) is 13.1 Å². The molecule has 4 aromatic heterocycles. The van der Waals surface area contributed by atoms with E-state index in [0.717, 1.165) is 36.1 Å². The molecule has 0 aliphatic carbocycles. The van der Waals surface area contributed by atoms with Crippen LogP contribution in [-0.4, -0.2) is 48.1 Å². The van der Waals surface area contributed by atoms with Gasteiger partial charge < -0.3 is 4.98 Å². The number of pyridine rings is 2. The van der Waals surface area contributed by atoms with Gasteiger partial charge in [0.1, 0.15) is 17.3 Å². The van der Waals surface area contributed by atoms with Crippen molar-refractivity contribution in [2.24, 2.45) is 0 Å². The molecule has 0 bridgehead atoms. The summed E-state index contributed by atoms with van der Waals surface area (Å²) in [6.07, 6.45) is 7.60. The highest BCUT2D eigenvalue weighted by molar-refractivity contribution is 5.97. The molecule has 188 valence electrons. The first-order valence-corrected chi connectivity index (χ1v) is 12.6. The summed E-state index contributed by atoms with van der Waals surface area (Å²) in [7, 11) is 0. The lowest BCUT2D eigenvalue weighted by Gasteiger charge is -2.15. The molecule has 6 aromatic rings. The fraction of sp³-hybridized carbons (Fsp3) is 0.172. The second-order valence-corrected chi connectivity index (χ2v) is 9.67. The van der Waals surface area contributed by atoms with Gasteiger partial charge in [-0.15, -0.1) is 0 Å². The first-order valence-electron chi connectivity index (χ1n) is 12.6. The number of imidazole rings is 1. The van der Waals surface area contributed by atoms with Crippen LogP contribution in [0.1, 0.15) is 18.4 Å². The fourth-order valence-electron chi connectivity index (χ4n) is 5.28. The molecular weight excluding hydrogens is 484 g/mol. The molecule has 1 aliphatic heterocycles. The van der Waals surface area contributed by atoms with Gasteiger partial charge in [0.05, 0.1) is 11.0 Å². The third kappa shape index (κ3) is 4.01. The van der Waals surface area contributed by atoms with Crippen LogP contribution in [0.4, 0.5) is 8.78 Å². The zero-order chi connectivity index (χ0) is 25.6. The summed E-state index contributed by atoms with van der Waals surface area (Å²) in [5.74, 6) is -0.187. The van der Waals surface area contributed by atoms with Crippen LogP contribution >= 0.6 is 0 Å². The van der Waals surface area contributed by atoms with Gasteiger partial charge >= 0.3 is 0 Å². The van der Waals surface area contributed by atoms with Crippen LogP contribution in [0.2, 0.25) is 0 Å². The number of fused-ring (bicyclic) bond motifs is 2. The highest BCUT2D eigenvalue weighted by Gasteiger charge is 2.19. The lowest BCUT2D eigenvalue weighted by atomic mass is 10.0. The summed E-state index contributed by atoms with van der Waals surface area (Å²) in [6, 6.07) is 13.4. The van der Waals surface area contributed by atoms with E-state index in [2.05, 4.69) is 35.0 Å². The molecule has 0 atom stereocenters. The topological polar surface area (TPSA) is 86.4 Å². The van der Waals surface area contributed by atoms with Crippen molar-refractivity contribution in [2.45, 2.75) is 19.4 Å². The molecule has 38 heavy (non-hydrogen) atoms. The van der Waals surface area contributed by atoms with Crippen molar-refractivity contribution < 1.29 is 8.78 Å². The zero-order valence-electron chi connectivity index (χ0n) is 20.4. The number of aromatic nitrogens is 6. The van der Waals surface area contributed by atoms with E-state index in [-0.39, 0.29) is 11.6 Å². The van der Waals surface area contributed by atoms with Gasteiger partial charge in [-0.3, -0.25) is 15.0 Å². The minimum atomic E-state index is -0.354. The smallest absolute Gasteiger partial charge is 0.178 e. The highest BCUT2D eigenvalue weighted by Crippen LogP contribution is 2.34. The van der Waals surface area contributed by atoms with E-state index < -0.39 is 0 Å². The van der Waals surface area contributed by atoms with Crippen LogP contribution in [0.25, 0.3) is 55.8 Å². The quantitative estimate of drug-likeness (QED) is 0.294. The number of hydrogen-bond donors (Lipinski definition) is 2. The van der Waals surface area contributed by atoms with Gasteiger partial charge in [0.15, 0.2) is 11.5 Å². The summed E-state index contributed by atoms with van der Waals surface area (Å²) in [5, 5.41) is 8.09. The van der Waals surface area contributed by atoms with E-state index in [1.165, 1.54) is 31.0 Å². The van der Waals surface area contributed by atoms with Gasteiger partial charge in [0, 0.05) is 53.3 Å². The van der Waals surface area contributed by atoms with Crippen LogP contribution in [0, 0.1) is 11.6 Å². The molecule has 7 rings (SSSR count). The number of rotatable bonds is 5. The van der Waals surface area contributed by atoms with Crippen LogP contribution in [0.15, 0.2) is 67.1 Å². The van der Waals surface area contributed by atoms with Crippen LogP contribution in [-0.2, 0) is 6.54 Å². The second-order valence-electron chi connectivity index (χ2n) is 9.67. The first-order chi connectivity index (χ1) is 18.6. The van der Waals surface area contributed by atoms with E-state index in [0.29, 0.717) is 44.9 Å². The molecule has 0 saturated carbocycles. The molecule has 1 aliphatic rings. The lowest BCUT2D eigenvalue weighted by molar-refractivity contribution is 0.331. The number of likely N-dealkylation sites (tertiary alicyclic amines) is 1. The minimum absolute atomic E-state index is 0.320. The summed E-state index contributed by atoms with van der Waals surface area (Å²) in [6.45, 7) is 2.97. The monoisotopic (exact) mass is 507 g/mol. The maximum Gasteiger partial charge on any atom is 0.178 e. The van der Waals surface area contributed by atoms with E-state index in [1.807, 2.05) is 24.4 Å². The molecule has 2 N–H and O–H groups in total. The molecule has 1 fully saturated rings. The predicted octanol–water partition coefficient (Wildman–Crippen LogP) is 6.10. The molecule has 0 spiro atoms. The highest BCUT2D eigenvalue weighted by atomic mass is 19.1. The molecule has 2 aromatic carbocycles. The Balaban J connectivity index is 1.31. The van der Waals surface area contributed by atoms with E-state index in [9.17, 15) is 4.39 Å². The summed E-state index contributed by atoms with van der Waals surface area (Å²) in [5.41, 5.74) is 5.98. The number of H-pyrrole nitrogens is 2. The van der Waals surface area contributed by atoms with Crippen molar-refractivity contribution in [3.63, 3.8) is 0 Å². The molecule has 0 unspecified atom stereocenters. The van der Waals surface area contributed by atoms with Gasteiger partial charge in [0.2, 0.25) is 0 Å². The number of benzene rings is 2. The van der Waals surface area contributed by atoms with E-state index in [4.69, 9.17) is 0 Å². The summed E-state index contributed by atoms with van der Waals surface area (Å²) in [4.78, 5) is 19.1. The fourth-order valence-corrected chi connectivity index (χ4v) is 5.28. The van der Waals surface area contributed by atoms with E-state index in [1.54, 1.807) is 24.5 Å². The Morgan fingerprint density at radius 2 is 1.82 bits per heavy atom. The standard InChI is InChI=1S/C29H23F2N7/c30-20-5-3-4-18(11-20)21-6-7-33-28-26(21)34-29(35-28)27-23-12-22(24(31)13-25(23)36-37-27)19-10-17(14-32-15-19)16-38-8-1-2-9-38/h3-7,10-15H,1-2,8-9,16H2,(H,36,37)(H,33,34,35). The second kappa shape index (κ2) is 9.11. The van der Waals surface area contributed by atoms with Gasteiger partial charge in [-0.2, -0.15) is 5.10 Å². The van der Waals surface area contributed by atoms with Gasteiger partial charge in [0.25, 0.3) is 0 Å². The minimum Gasteiger partial charge on any atom is -0.335 e. The summed E-state index contributed by atoms with van der Waals surface area (Å²) >= 11 is 0. The largest absolute Gasteiger partial charge is 0.335 e. The third-order valence-corrected chi connectivity index (χ3v) is 7.11. The Kier molecular flexibility index (Phi) is 5.44. The number of nitrogens with one attached hydrogen (secondary N) is 2. The molecule has 1 saturated heterocycles. The van der Waals surface area contributed by atoms with Gasteiger partial charge in [-0.25, -0.2) is 18.7 Å². The predicted molar refractivity (Wildman–Crippen MR) is 142 cm³/mol. The Morgan fingerprint density at radius 3 is 2.68 bits per heavy atom. The van der Waals surface area contributed by atoms with E-state index >= 15 is 4.39 Å². The van der Waals surface area contributed by atoms with Crippen molar-refractivity contribution in [3.8, 4) is 33.8 Å². The number of hydrogen-bond acceptors (Lipinski definition) is 5.